The number of aliphatic carboxylic acids is 1. The highest BCUT2D eigenvalue weighted by atomic mass is 16.4. The molecule has 0 spiro atoms. The SMILES string of the molecule is O=C(O)C1CCC(NC(=O)C2CC=CC2)CC1. The number of carboxylic acid groups (broad SMARTS) is 1. The Labute approximate surface area is 101 Å². The Morgan fingerprint density at radius 3 is 2.12 bits per heavy atom. The van der Waals surface area contributed by atoms with Crippen LogP contribution in [-0.2, 0) is 9.59 Å². The zero-order valence-electron chi connectivity index (χ0n) is 9.89. The molecule has 17 heavy (non-hydrogen) atoms. The molecule has 0 aromatic heterocycles. The summed E-state index contributed by atoms with van der Waals surface area (Å²) in [5.74, 6) is -0.674. The van der Waals surface area contributed by atoms with Crippen molar-refractivity contribution in [3.63, 3.8) is 0 Å². The van der Waals surface area contributed by atoms with E-state index in [1.807, 2.05) is 12.2 Å². The molecule has 4 heteroatoms. The van der Waals surface area contributed by atoms with Crippen LogP contribution >= 0.6 is 0 Å². The van der Waals surface area contributed by atoms with Crippen LogP contribution in [0.3, 0.4) is 0 Å². The molecule has 0 radical (unpaired) electrons. The van der Waals surface area contributed by atoms with E-state index in [2.05, 4.69) is 5.32 Å². The zero-order valence-corrected chi connectivity index (χ0v) is 9.89. The fourth-order valence-corrected chi connectivity index (χ4v) is 2.64. The van der Waals surface area contributed by atoms with Gasteiger partial charge in [-0.2, -0.15) is 0 Å². The molecule has 2 aliphatic carbocycles. The number of carboxylic acids is 1. The van der Waals surface area contributed by atoms with Gasteiger partial charge in [-0.1, -0.05) is 12.2 Å². The lowest BCUT2D eigenvalue weighted by atomic mass is 9.86. The number of carbonyl (C=O) groups excluding carboxylic acids is 1. The second kappa shape index (κ2) is 5.34. The van der Waals surface area contributed by atoms with Gasteiger partial charge in [-0.05, 0) is 38.5 Å². The molecule has 1 saturated carbocycles. The van der Waals surface area contributed by atoms with E-state index in [0.29, 0.717) is 12.8 Å². The molecule has 1 amide bonds. The Morgan fingerprint density at radius 1 is 1.00 bits per heavy atom. The summed E-state index contributed by atoms with van der Waals surface area (Å²) in [7, 11) is 0. The average Bonchev–Trinajstić information content (AvgIpc) is 2.83. The molecule has 4 nitrogen and oxygen atoms in total. The van der Waals surface area contributed by atoms with Crippen molar-refractivity contribution in [1.29, 1.82) is 0 Å². The number of hydrogen-bond donors (Lipinski definition) is 2. The Morgan fingerprint density at radius 2 is 1.59 bits per heavy atom. The lowest BCUT2D eigenvalue weighted by molar-refractivity contribution is -0.142. The van der Waals surface area contributed by atoms with E-state index in [0.717, 1.165) is 25.7 Å². The molecule has 0 heterocycles. The molecule has 0 unspecified atom stereocenters. The second-order valence-electron chi connectivity index (χ2n) is 5.04. The predicted molar refractivity (Wildman–Crippen MR) is 63.4 cm³/mol. The first-order chi connectivity index (χ1) is 8.16. The lowest BCUT2D eigenvalue weighted by Gasteiger charge is -2.27. The minimum atomic E-state index is -0.699. The van der Waals surface area contributed by atoms with Crippen molar-refractivity contribution in [3.05, 3.63) is 12.2 Å². The van der Waals surface area contributed by atoms with Crippen LogP contribution in [0.5, 0.6) is 0 Å². The number of rotatable bonds is 3. The summed E-state index contributed by atoms with van der Waals surface area (Å²) in [6.45, 7) is 0. The summed E-state index contributed by atoms with van der Waals surface area (Å²) in [4.78, 5) is 22.7. The smallest absolute Gasteiger partial charge is 0.306 e. The van der Waals surface area contributed by atoms with Gasteiger partial charge in [-0.15, -0.1) is 0 Å². The van der Waals surface area contributed by atoms with E-state index >= 15 is 0 Å². The third kappa shape index (κ3) is 3.08. The van der Waals surface area contributed by atoms with Crippen molar-refractivity contribution in [2.45, 2.75) is 44.6 Å². The summed E-state index contributed by atoms with van der Waals surface area (Å²) in [5.41, 5.74) is 0. The Bertz CT molecular complexity index is 322. The summed E-state index contributed by atoms with van der Waals surface area (Å²) >= 11 is 0. The monoisotopic (exact) mass is 237 g/mol. The van der Waals surface area contributed by atoms with Gasteiger partial charge >= 0.3 is 5.97 Å². The highest BCUT2D eigenvalue weighted by Gasteiger charge is 2.28. The number of allylic oxidation sites excluding steroid dienone is 2. The highest BCUT2D eigenvalue weighted by Crippen LogP contribution is 2.25. The lowest BCUT2D eigenvalue weighted by Crippen LogP contribution is -2.41. The molecule has 0 aromatic carbocycles. The van der Waals surface area contributed by atoms with Crippen molar-refractivity contribution >= 4 is 11.9 Å². The normalized spacial score (nSPS) is 29.2. The van der Waals surface area contributed by atoms with Crippen LogP contribution in [0.4, 0.5) is 0 Å². The van der Waals surface area contributed by atoms with Crippen molar-refractivity contribution in [1.82, 2.24) is 5.32 Å². The van der Waals surface area contributed by atoms with Gasteiger partial charge in [0.15, 0.2) is 0 Å². The number of hydrogen-bond acceptors (Lipinski definition) is 2. The van der Waals surface area contributed by atoms with Crippen molar-refractivity contribution in [2.24, 2.45) is 11.8 Å². The predicted octanol–water partition coefficient (Wildman–Crippen LogP) is 1.71. The largest absolute Gasteiger partial charge is 0.481 e. The minimum Gasteiger partial charge on any atom is -0.481 e. The van der Waals surface area contributed by atoms with Crippen LogP contribution in [-0.4, -0.2) is 23.0 Å². The van der Waals surface area contributed by atoms with Gasteiger partial charge in [0.2, 0.25) is 5.91 Å². The molecule has 0 saturated heterocycles. The Hall–Kier alpha value is -1.32. The van der Waals surface area contributed by atoms with E-state index in [1.54, 1.807) is 0 Å². The van der Waals surface area contributed by atoms with E-state index in [4.69, 9.17) is 5.11 Å². The summed E-state index contributed by atoms with van der Waals surface area (Å²) in [6.07, 6.45) is 8.74. The van der Waals surface area contributed by atoms with Crippen LogP contribution in [0.2, 0.25) is 0 Å². The number of nitrogens with one attached hydrogen (secondary N) is 1. The van der Waals surface area contributed by atoms with Gasteiger partial charge < -0.3 is 10.4 Å². The molecule has 2 N–H and O–H groups in total. The topological polar surface area (TPSA) is 66.4 Å². The Kier molecular flexibility index (Phi) is 3.82. The molecule has 94 valence electrons. The van der Waals surface area contributed by atoms with Gasteiger partial charge in [0.1, 0.15) is 0 Å². The summed E-state index contributed by atoms with van der Waals surface area (Å²) < 4.78 is 0. The van der Waals surface area contributed by atoms with Gasteiger partial charge in [-0.3, -0.25) is 9.59 Å². The first kappa shape index (κ1) is 12.1. The summed E-state index contributed by atoms with van der Waals surface area (Å²) in [5, 5.41) is 11.9. The highest BCUT2D eigenvalue weighted by molar-refractivity contribution is 5.79. The molecular weight excluding hydrogens is 218 g/mol. The fraction of sp³-hybridized carbons (Fsp3) is 0.692. The van der Waals surface area contributed by atoms with Gasteiger partial charge in [0, 0.05) is 12.0 Å². The molecular formula is C13H19NO3. The number of carbonyl (C=O) groups is 2. The standard InChI is InChI=1S/C13H19NO3/c15-12(9-3-1-2-4-9)14-11-7-5-10(6-8-11)13(16)17/h1-2,9-11H,3-8H2,(H,14,15)(H,16,17). The van der Waals surface area contributed by atoms with Crippen LogP contribution < -0.4 is 5.32 Å². The molecule has 0 aliphatic heterocycles. The van der Waals surface area contributed by atoms with E-state index in [9.17, 15) is 9.59 Å². The minimum absolute atomic E-state index is 0.104. The van der Waals surface area contributed by atoms with Crippen molar-refractivity contribution < 1.29 is 14.7 Å². The molecule has 1 fully saturated rings. The molecule has 2 aliphatic rings. The van der Waals surface area contributed by atoms with E-state index in [-0.39, 0.29) is 23.8 Å². The van der Waals surface area contributed by atoms with E-state index in [1.165, 1.54) is 0 Å². The zero-order chi connectivity index (χ0) is 12.3. The Balaban J connectivity index is 1.74. The maximum atomic E-state index is 11.9. The van der Waals surface area contributed by atoms with Crippen molar-refractivity contribution in [2.75, 3.05) is 0 Å². The third-order valence-electron chi connectivity index (χ3n) is 3.80. The third-order valence-corrected chi connectivity index (χ3v) is 3.80. The van der Waals surface area contributed by atoms with Crippen LogP contribution in [0, 0.1) is 11.8 Å². The fourth-order valence-electron chi connectivity index (χ4n) is 2.64. The van der Waals surface area contributed by atoms with Crippen LogP contribution in [0.1, 0.15) is 38.5 Å². The van der Waals surface area contributed by atoms with E-state index < -0.39 is 5.97 Å². The second-order valence-corrected chi connectivity index (χ2v) is 5.04. The molecule has 0 atom stereocenters. The van der Waals surface area contributed by atoms with Crippen molar-refractivity contribution in [3.8, 4) is 0 Å². The molecule has 2 rings (SSSR count). The maximum absolute atomic E-state index is 11.9. The van der Waals surface area contributed by atoms with Crippen LogP contribution in [0.15, 0.2) is 12.2 Å². The molecule has 0 aromatic rings. The number of amides is 1. The average molecular weight is 237 g/mol. The van der Waals surface area contributed by atoms with Gasteiger partial charge in [0.25, 0.3) is 0 Å². The first-order valence-electron chi connectivity index (χ1n) is 6.35. The first-order valence-corrected chi connectivity index (χ1v) is 6.35. The van der Waals surface area contributed by atoms with Crippen LogP contribution in [0.25, 0.3) is 0 Å². The molecule has 0 bridgehead atoms. The van der Waals surface area contributed by atoms with Gasteiger partial charge in [0.05, 0.1) is 5.92 Å². The maximum Gasteiger partial charge on any atom is 0.306 e. The summed E-state index contributed by atoms with van der Waals surface area (Å²) in [6, 6.07) is 0.179. The van der Waals surface area contributed by atoms with Gasteiger partial charge in [-0.25, -0.2) is 0 Å². The quantitative estimate of drug-likeness (QED) is 0.734.